The Hall–Kier alpha value is -1.63. The van der Waals surface area contributed by atoms with E-state index in [1.54, 1.807) is 0 Å². The van der Waals surface area contributed by atoms with Gasteiger partial charge < -0.3 is 19.9 Å². The summed E-state index contributed by atoms with van der Waals surface area (Å²) in [6.45, 7) is 13.8. The minimum atomic E-state index is 0.0376. The number of rotatable bonds is 5. The molecule has 2 heterocycles. The molecule has 2 atom stereocenters. The van der Waals surface area contributed by atoms with Crippen LogP contribution in [0.5, 0.6) is 0 Å². The molecule has 0 spiro atoms. The fourth-order valence-electron chi connectivity index (χ4n) is 3.89. The zero-order valence-corrected chi connectivity index (χ0v) is 16.3. The average molecular weight is 361 g/mol. The molecule has 0 unspecified atom stereocenters. The Balaban J connectivity index is 1.48. The lowest BCUT2D eigenvalue weighted by Gasteiger charge is -2.35. The van der Waals surface area contributed by atoms with Gasteiger partial charge in [0.15, 0.2) is 0 Å². The van der Waals surface area contributed by atoms with Crippen molar-refractivity contribution < 1.29 is 9.53 Å². The molecule has 2 aliphatic heterocycles. The smallest absolute Gasteiger partial charge is 0.238 e. The number of ether oxygens (including phenoxy) is 1. The van der Waals surface area contributed by atoms with E-state index in [4.69, 9.17) is 4.74 Å². The molecule has 1 N–H and O–H groups in total. The Morgan fingerprint density at radius 3 is 2.23 bits per heavy atom. The van der Waals surface area contributed by atoms with Crippen molar-refractivity contribution in [2.24, 2.45) is 0 Å². The van der Waals surface area contributed by atoms with Gasteiger partial charge in [-0.25, -0.2) is 0 Å². The van der Waals surface area contributed by atoms with Crippen LogP contribution >= 0.6 is 0 Å². The quantitative estimate of drug-likeness (QED) is 0.869. The maximum absolute atomic E-state index is 12.3. The lowest BCUT2D eigenvalue weighted by atomic mass is 10.2. The molecule has 0 bridgehead atoms. The first kappa shape index (κ1) is 19.1. The minimum Gasteiger partial charge on any atom is -0.373 e. The van der Waals surface area contributed by atoms with Crippen molar-refractivity contribution in [2.75, 3.05) is 62.6 Å². The molecule has 2 aliphatic rings. The van der Waals surface area contributed by atoms with Gasteiger partial charge in [0.25, 0.3) is 0 Å². The molecule has 1 amide bonds. The van der Waals surface area contributed by atoms with Gasteiger partial charge in [0.1, 0.15) is 0 Å². The monoisotopic (exact) mass is 360 g/mol. The SMILES string of the molecule is CCN1CCN(c2ccc(NC(=O)CN3C[C@H](C)O[C@@H](C)C3)cc2)CC1. The Labute approximate surface area is 157 Å². The van der Waals surface area contributed by atoms with Gasteiger partial charge in [-0.2, -0.15) is 0 Å². The van der Waals surface area contributed by atoms with Crippen molar-refractivity contribution in [3.05, 3.63) is 24.3 Å². The summed E-state index contributed by atoms with van der Waals surface area (Å²) in [6, 6.07) is 8.22. The number of amides is 1. The zero-order chi connectivity index (χ0) is 18.5. The number of hydrogen-bond acceptors (Lipinski definition) is 5. The summed E-state index contributed by atoms with van der Waals surface area (Å²) in [7, 11) is 0. The number of nitrogens with one attached hydrogen (secondary N) is 1. The third kappa shape index (κ3) is 5.19. The van der Waals surface area contributed by atoms with Crippen molar-refractivity contribution in [2.45, 2.75) is 33.0 Å². The van der Waals surface area contributed by atoms with Crippen molar-refractivity contribution in [3.63, 3.8) is 0 Å². The van der Waals surface area contributed by atoms with Crippen LogP contribution in [0.4, 0.5) is 11.4 Å². The summed E-state index contributed by atoms with van der Waals surface area (Å²) in [5, 5.41) is 3.02. The number of anilines is 2. The van der Waals surface area contributed by atoms with Crippen molar-refractivity contribution in [1.82, 2.24) is 9.80 Å². The minimum absolute atomic E-state index is 0.0376. The van der Waals surface area contributed by atoms with Crippen LogP contribution in [0.3, 0.4) is 0 Å². The Morgan fingerprint density at radius 1 is 1.04 bits per heavy atom. The van der Waals surface area contributed by atoms with Crippen LogP contribution in [0.2, 0.25) is 0 Å². The van der Waals surface area contributed by atoms with Gasteiger partial charge in [0, 0.05) is 50.6 Å². The molecule has 3 rings (SSSR count). The highest BCUT2D eigenvalue weighted by atomic mass is 16.5. The molecule has 144 valence electrons. The highest BCUT2D eigenvalue weighted by Gasteiger charge is 2.23. The van der Waals surface area contributed by atoms with Crippen LogP contribution in [0, 0.1) is 0 Å². The summed E-state index contributed by atoms with van der Waals surface area (Å²) < 4.78 is 5.72. The molecule has 0 radical (unpaired) electrons. The highest BCUT2D eigenvalue weighted by Crippen LogP contribution is 2.19. The number of carbonyl (C=O) groups excluding carboxylic acids is 1. The number of carbonyl (C=O) groups is 1. The van der Waals surface area contributed by atoms with Crippen LogP contribution in [0.1, 0.15) is 20.8 Å². The molecule has 0 aromatic heterocycles. The number of nitrogens with zero attached hydrogens (tertiary/aromatic N) is 3. The summed E-state index contributed by atoms with van der Waals surface area (Å²) in [4.78, 5) is 19.4. The van der Waals surface area contributed by atoms with Crippen LogP contribution in [0.15, 0.2) is 24.3 Å². The molecule has 0 saturated carbocycles. The molecule has 6 nitrogen and oxygen atoms in total. The second kappa shape index (κ2) is 8.84. The van der Waals surface area contributed by atoms with Gasteiger partial charge in [-0.3, -0.25) is 9.69 Å². The fourth-order valence-corrected chi connectivity index (χ4v) is 3.89. The highest BCUT2D eigenvalue weighted by molar-refractivity contribution is 5.92. The summed E-state index contributed by atoms with van der Waals surface area (Å²) in [5.74, 6) is 0.0376. The lowest BCUT2D eigenvalue weighted by molar-refractivity contribution is -0.121. The second-order valence-electron chi connectivity index (χ2n) is 7.47. The summed E-state index contributed by atoms with van der Waals surface area (Å²) in [6.07, 6.45) is 0.359. The molecule has 0 aliphatic carbocycles. The van der Waals surface area contributed by atoms with E-state index in [2.05, 4.69) is 52.9 Å². The summed E-state index contributed by atoms with van der Waals surface area (Å²) >= 11 is 0. The number of morpholine rings is 1. The van der Waals surface area contributed by atoms with Gasteiger partial charge >= 0.3 is 0 Å². The number of hydrogen-bond donors (Lipinski definition) is 1. The van der Waals surface area contributed by atoms with Gasteiger partial charge in [-0.15, -0.1) is 0 Å². The second-order valence-corrected chi connectivity index (χ2v) is 7.47. The topological polar surface area (TPSA) is 48.0 Å². The molecular formula is C20H32N4O2. The van der Waals surface area contributed by atoms with Gasteiger partial charge in [-0.1, -0.05) is 6.92 Å². The zero-order valence-electron chi connectivity index (χ0n) is 16.3. The van der Waals surface area contributed by atoms with E-state index in [1.165, 1.54) is 5.69 Å². The van der Waals surface area contributed by atoms with Gasteiger partial charge in [0.05, 0.1) is 18.8 Å². The number of likely N-dealkylation sites (N-methyl/N-ethyl adjacent to an activating group) is 1. The normalized spacial score (nSPS) is 25.3. The van der Waals surface area contributed by atoms with E-state index in [9.17, 15) is 4.79 Å². The van der Waals surface area contributed by atoms with E-state index in [0.29, 0.717) is 6.54 Å². The molecule has 26 heavy (non-hydrogen) atoms. The van der Waals surface area contributed by atoms with Crippen LogP contribution in [-0.2, 0) is 9.53 Å². The standard InChI is InChI=1S/C20H32N4O2/c1-4-22-9-11-24(12-10-22)19-7-5-18(6-8-19)21-20(25)15-23-13-16(2)26-17(3)14-23/h5-8,16-17H,4,9-15H2,1-3H3,(H,21,25)/t16-,17-/m0/s1. The fraction of sp³-hybridized carbons (Fsp3) is 0.650. The van der Waals surface area contributed by atoms with E-state index < -0.39 is 0 Å². The molecule has 1 aromatic carbocycles. The van der Waals surface area contributed by atoms with Gasteiger partial charge in [-0.05, 0) is 44.7 Å². The lowest BCUT2D eigenvalue weighted by Crippen LogP contribution is -2.48. The maximum atomic E-state index is 12.3. The van der Waals surface area contributed by atoms with Crippen LogP contribution in [-0.4, -0.2) is 80.3 Å². The molecular weight excluding hydrogens is 328 g/mol. The van der Waals surface area contributed by atoms with Crippen LogP contribution < -0.4 is 10.2 Å². The number of piperazine rings is 1. The first-order valence-corrected chi connectivity index (χ1v) is 9.78. The Kier molecular flexibility index (Phi) is 6.51. The predicted octanol–water partition coefficient (Wildman–Crippen LogP) is 1.88. The van der Waals surface area contributed by atoms with Crippen LogP contribution in [0.25, 0.3) is 0 Å². The molecule has 2 saturated heterocycles. The van der Waals surface area contributed by atoms with Crippen molar-refractivity contribution in [1.29, 1.82) is 0 Å². The third-order valence-electron chi connectivity index (χ3n) is 5.20. The maximum Gasteiger partial charge on any atom is 0.238 e. The Morgan fingerprint density at radius 2 is 1.65 bits per heavy atom. The van der Waals surface area contributed by atoms with E-state index >= 15 is 0 Å². The first-order chi connectivity index (χ1) is 12.5. The van der Waals surface area contributed by atoms with E-state index in [-0.39, 0.29) is 18.1 Å². The van der Waals surface area contributed by atoms with Crippen molar-refractivity contribution in [3.8, 4) is 0 Å². The predicted molar refractivity (Wildman–Crippen MR) is 106 cm³/mol. The van der Waals surface area contributed by atoms with E-state index in [1.807, 2.05) is 12.1 Å². The summed E-state index contributed by atoms with van der Waals surface area (Å²) in [5.41, 5.74) is 2.09. The molecule has 6 heteroatoms. The third-order valence-corrected chi connectivity index (χ3v) is 5.20. The number of benzene rings is 1. The first-order valence-electron chi connectivity index (χ1n) is 9.78. The van der Waals surface area contributed by atoms with E-state index in [0.717, 1.165) is 51.5 Å². The largest absolute Gasteiger partial charge is 0.373 e. The van der Waals surface area contributed by atoms with Gasteiger partial charge in [0.2, 0.25) is 5.91 Å². The molecule has 1 aromatic rings. The molecule has 2 fully saturated rings. The van der Waals surface area contributed by atoms with Crippen molar-refractivity contribution >= 4 is 17.3 Å². The average Bonchev–Trinajstić information content (AvgIpc) is 2.61. The Bertz CT molecular complexity index is 574.